The zero-order valence-electron chi connectivity index (χ0n) is 9.31. The third-order valence-electron chi connectivity index (χ3n) is 2.55. The van der Waals surface area contributed by atoms with Crippen molar-refractivity contribution in [2.75, 3.05) is 5.73 Å². The van der Waals surface area contributed by atoms with Crippen molar-refractivity contribution in [3.05, 3.63) is 43.6 Å². The van der Waals surface area contributed by atoms with Crippen LogP contribution in [0, 0.1) is 0 Å². The van der Waals surface area contributed by atoms with Gasteiger partial charge < -0.3 is 0 Å². The average molecular weight is 360 g/mol. The second-order valence-electron chi connectivity index (χ2n) is 3.82. The standard InChI is InChI=1S/C12H6Cl2N2O2Se/c13-6-1-5-2-7(9-4-19-12(15)16-9)11(17)18-10(5)8(14)3-6/h1-4H,(H2,15,16). The Kier molecular flexibility index (Phi) is 3.15. The van der Waals surface area contributed by atoms with Gasteiger partial charge in [0.25, 0.3) is 0 Å². The molecular weight excluding hydrogens is 354 g/mol. The van der Waals surface area contributed by atoms with Crippen LogP contribution in [0.1, 0.15) is 0 Å². The number of fused-ring (bicyclic) bond motifs is 1. The third-order valence-corrected chi connectivity index (χ3v) is 4.46. The van der Waals surface area contributed by atoms with E-state index in [0.717, 1.165) is 0 Å². The van der Waals surface area contributed by atoms with Gasteiger partial charge in [-0.2, -0.15) is 0 Å². The SMILES string of the molecule is Nc1nc(-c2cc3cc(Cl)cc(Cl)c3oc2=O)c[se]1. The van der Waals surface area contributed by atoms with E-state index < -0.39 is 5.63 Å². The number of anilines is 1. The van der Waals surface area contributed by atoms with Crippen molar-refractivity contribution in [1.29, 1.82) is 0 Å². The molecule has 0 aliphatic rings. The van der Waals surface area contributed by atoms with E-state index >= 15 is 0 Å². The Morgan fingerprint density at radius 2 is 2.05 bits per heavy atom. The molecular formula is C12H6Cl2N2O2Se. The minimum absolute atomic E-state index is 0.0112. The number of hydrogen-bond acceptors (Lipinski definition) is 4. The van der Waals surface area contributed by atoms with Crippen molar-refractivity contribution < 1.29 is 4.42 Å². The van der Waals surface area contributed by atoms with E-state index in [9.17, 15) is 4.79 Å². The van der Waals surface area contributed by atoms with E-state index in [4.69, 9.17) is 33.4 Å². The molecule has 19 heavy (non-hydrogen) atoms. The zero-order valence-corrected chi connectivity index (χ0v) is 12.5. The fraction of sp³-hybridized carbons (Fsp3) is 0. The van der Waals surface area contributed by atoms with Gasteiger partial charge in [0.2, 0.25) is 0 Å². The molecule has 7 heteroatoms. The molecule has 0 saturated carbocycles. The Morgan fingerprint density at radius 3 is 2.74 bits per heavy atom. The van der Waals surface area contributed by atoms with E-state index in [1.54, 1.807) is 12.1 Å². The van der Waals surface area contributed by atoms with Crippen molar-refractivity contribution in [3.8, 4) is 11.3 Å². The number of nitrogen functional groups attached to an aromatic ring is 1. The van der Waals surface area contributed by atoms with Crippen molar-refractivity contribution in [2.45, 2.75) is 0 Å². The Bertz CT molecular complexity index is 841. The molecule has 0 amide bonds. The van der Waals surface area contributed by atoms with Crippen LogP contribution in [0.4, 0.5) is 4.69 Å². The quantitative estimate of drug-likeness (QED) is 0.535. The summed E-state index contributed by atoms with van der Waals surface area (Å²) in [6, 6.07) is 4.88. The molecule has 2 aromatic heterocycles. The molecule has 4 nitrogen and oxygen atoms in total. The first-order chi connectivity index (χ1) is 9.04. The van der Waals surface area contributed by atoms with Crippen LogP contribution >= 0.6 is 23.2 Å². The van der Waals surface area contributed by atoms with Crippen LogP contribution in [0.5, 0.6) is 0 Å². The first-order valence-corrected chi connectivity index (χ1v) is 7.79. The van der Waals surface area contributed by atoms with Crippen LogP contribution in [0.25, 0.3) is 22.2 Å². The first kappa shape index (κ1) is 12.8. The topological polar surface area (TPSA) is 69.1 Å². The summed E-state index contributed by atoms with van der Waals surface area (Å²) < 4.78 is 5.77. The maximum atomic E-state index is 12.0. The molecule has 0 spiro atoms. The summed E-state index contributed by atoms with van der Waals surface area (Å²) >= 11 is 11.9. The first-order valence-electron chi connectivity index (χ1n) is 5.19. The van der Waals surface area contributed by atoms with E-state index in [2.05, 4.69) is 4.98 Å². The molecule has 96 valence electrons. The summed E-state index contributed by atoms with van der Waals surface area (Å²) in [5, 5.41) is 1.44. The van der Waals surface area contributed by atoms with Crippen LogP contribution in [-0.2, 0) is 0 Å². The van der Waals surface area contributed by atoms with Gasteiger partial charge in [0.1, 0.15) is 0 Å². The molecule has 0 fully saturated rings. The fourth-order valence-corrected chi connectivity index (χ4v) is 3.48. The fourth-order valence-electron chi connectivity index (χ4n) is 1.75. The van der Waals surface area contributed by atoms with E-state index in [-0.39, 0.29) is 14.5 Å². The summed E-state index contributed by atoms with van der Waals surface area (Å²) in [6.07, 6.45) is 0. The van der Waals surface area contributed by atoms with Gasteiger partial charge in [-0.1, -0.05) is 0 Å². The number of hydrogen-bond donors (Lipinski definition) is 1. The van der Waals surface area contributed by atoms with Crippen LogP contribution in [0.15, 0.2) is 32.4 Å². The number of aromatic nitrogens is 1. The van der Waals surface area contributed by atoms with Gasteiger partial charge in [-0.15, -0.1) is 0 Å². The number of halogens is 2. The predicted octanol–water partition coefficient (Wildman–Crippen LogP) is 2.80. The van der Waals surface area contributed by atoms with Crippen LogP contribution in [0.3, 0.4) is 0 Å². The van der Waals surface area contributed by atoms with E-state index in [1.807, 2.05) is 4.94 Å². The van der Waals surface area contributed by atoms with Crippen molar-refractivity contribution in [1.82, 2.24) is 4.98 Å². The second kappa shape index (κ2) is 4.69. The second-order valence-corrected chi connectivity index (χ2v) is 6.53. The molecule has 2 N–H and O–H groups in total. The molecule has 0 radical (unpaired) electrons. The molecule has 0 aliphatic carbocycles. The predicted molar refractivity (Wildman–Crippen MR) is 77.1 cm³/mol. The molecule has 2 heterocycles. The summed E-state index contributed by atoms with van der Waals surface area (Å²) in [7, 11) is 0. The van der Waals surface area contributed by atoms with Crippen molar-refractivity contribution >= 4 is 53.4 Å². The van der Waals surface area contributed by atoms with Gasteiger partial charge in [0.15, 0.2) is 0 Å². The van der Waals surface area contributed by atoms with Gasteiger partial charge in [0, 0.05) is 0 Å². The number of nitrogens with two attached hydrogens (primary N) is 1. The van der Waals surface area contributed by atoms with Crippen molar-refractivity contribution in [2.24, 2.45) is 0 Å². The van der Waals surface area contributed by atoms with Gasteiger partial charge in [-0.25, -0.2) is 0 Å². The summed E-state index contributed by atoms with van der Waals surface area (Å²) in [6.45, 7) is 0. The summed E-state index contributed by atoms with van der Waals surface area (Å²) in [5.74, 6) is 0. The van der Waals surface area contributed by atoms with Gasteiger partial charge in [0.05, 0.1) is 0 Å². The van der Waals surface area contributed by atoms with Crippen LogP contribution in [-0.4, -0.2) is 19.5 Å². The molecule has 3 rings (SSSR count). The van der Waals surface area contributed by atoms with Crippen LogP contribution < -0.4 is 11.4 Å². The molecule has 0 atom stereocenters. The Labute approximate surface area is 123 Å². The number of rotatable bonds is 1. The Morgan fingerprint density at radius 1 is 1.26 bits per heavy atom. The summed E-state index contributed by atoms with van der Waals surface area (Å²) in [5.41, 5.74) is 6.37. The minimum atomic E-state index is -0.489. The van der Waals surface area contributed by atoms with E-state index in [0.29, 0.717) is 37.0 Å². The zero-order chi connectivity index (χ0) is 13.6. The maximum absolute atomic E-state index is 12.0. The monoisotopic (exact) mass is 360 g/mol. The summed E-state index contributed by atoms with van der Waals surface area (Å²) in [4.78, 5) is 17.9. The Balaban J connectivity index is 2.33. The van der Waals surface area contributed by atoms with Gasteiger partial charge in [-0.05, 0) is 0 Å². The molecule has 3 aromatic rings. The van der Waals surface area contributed by atoms with Gasteiger partial charge >= 0.3 is 123 Å². The molecule has 1 aromatic carbocycles. The number of benzene rings is 1. The van der Waals surface area contributed by atoms with Gasteiger partial charge in [-0.3, -0.25) is 0 Å². The Hall–Kier alpha value is -1.26. The normalized spacial score (nSPS) is 11.1. The molecule has 0 unspecified atom stereocenters. The number of nitrogens with zero attached hydrogens (tertiary/aromatic N) is 1. The average Bonchev–Trinajstić information content (AvgIpc) is 2.76. The molecule has 0 aliphatic heterocycles. The third kappa shape index (κ3) is 2.30. The molecule has 0 saturated heterocycles. The van der Waals surface area contributed by atoms with Crippen molar-refractivity contribution in [3.63, 3.8) is 0 Å². The van der Waals surface area contributed by atoms with Crippen LogP contribution in [0.2, 0.25) is 10.0 Å². The van der Waals surface area contributed by atoms with E-state index in [1.165, 1.54) is 6.07 Å². The molecule has 0 bridgehead atoms.